The van der Waals surface area contributed by atoms with E-state index in [0.29, 0.717) is 38.3 Å². The summed E-state index contributed by atoms with van der Waals surface area (Å²) in [5.74, 6) is 1.04. The first-order valence-corrected chi connectivity index (χ1v) is 16.1. The summed E-state index contributed by atoms with van der Waals surface area (Å²) in [5, 5.41) is 41.0. The Kier molecular flexibility index (Phi) is 10.3. The summed E-state index contributed by atoms with van der Waals surface area (Å²) in [7, 11) is 0. The molecule has 2 aromatic carbocycles. The molecule has 1 heterocycles. The highest BCUT2D eigenvalue weighted by molar-refractivity contribution is 5.80. The summed E-state index contributed by atoms with van der Waals surface area (Å²) < 4.78 is 0. The fraction of sp³-hybridized carbons (Fsp3) is 0.528. The summed E-state index contributed by atoms with van der Waals surface area (Å²) in [6.45, 7) is 8.47. The molecule has 3 aromatic rings. The number of hydrogen-bond donors (Lipinski definition) is 6. The number of H-pyrrole nitrogens is 1. The van der Waals surface area contributed by atoms with Crippen molar-refractivity contribution in [3.8, 4) is 0 Å². The Hall–Kier alpha value is -3.13. The average molecular weight is 587 g/mol. The van der Waals surface area contributed by atoms with Gasteiger partial charge in [0.25, 0.3) is 0 Å². The Labute approximate surface area is 256 Å². The Bertz CT molecular complexity index is 1330. The molecule has 7 heteroatoms. The summed E-state index contributed by atoms with van der Waals surface area (Å²) in [6.07, 6.45) is 6.86. The van der Waals surface area contributed by atoms with Crippen molar-refractivity contribution in [3.63, 3.8) is 0 Å². The van der Waals surface area contributed by atoms with Crippen molar-refractivity contribution >= 4 is 16.9 Å². The third-order valence-corrected chi connectivity index (χ3v) is 9.97. The van der Waals surface area contributed by atoms with Crippen LogP contribution in [0, 0.1) is 17.8 Å². The molecule has 7 nitrogen and oxygen atoms in total. The van der Waals surface area contributed by atoms with E-state index in [1.54, 1.807) is 0 Å². The first-order chi connectivity index (χ1) is 20.8. The molecule has 232 valence electrons. The second-order valence-electron chi connectivity index (χ2n) is 13.0. The van der Waals surface area contributed by atoms with Crippen molar-refractivity contribution in [1.29, 1.82) is 0 Å². The van der Waals surface area contributed by atoms with Gasteiger partial charge < -0.3 is 30.9 Å². The van der Waals surface area contributed by atoms with Gasteiger partial charge in [0.1, 0.15) is 0 Å². The molecule has 1 aromatic heterocycles. The highest BCUT2D eigenvalue weighted by Crippen LogP contribution is 2.54. The Morgan fingerprint density at radius 3 is 2.56 bits per heavy atom. The average Bonchev–Trinajstić information content (AvgIpc) is 3.51. The third-order valence-electron chi connectivity index (χ3n) is 9.97. The largest absolute Gasteiger partial charge is 0.396 e. The van der Waals surface area contributed by atoms with Gasteiger partial charge in [-0.1, -0.05) is 60.7 Å². The number of hydrogen-bond acceptors (Lipinski definition) is 4. The van der Waals surface area contributed by atoms with Crippen molar-refractivity contribution in [3.05, 3.63) is 84.1 Å². The maximum Gasteiger partial charge on any atom is 0.191 e. The fourth-order valence-electron chi connectivity index (χ4n) is 7.47. The molecule has 6 N–H and O–H groups in total. The van der Waals surface area contributed by atoms with Gasteiger partial charge in [0.05, 0.1) is 11.2 Å². The molecule has 0 spiro atoms. The molecule has 0 aliphatic heterocycles. The van der Waals surface area contributed by atoms with Gasteiger partial charge in [-0.25, -0.2) is 0 Å². The zero-order chi connectivity index (χ0) is 30.3. The monoisotopic (exact) mass is 586 g/mol. The van der Waals surface area contributed by atoms with Gasteiger partial charge >= 0.3 is 0 Å². The van der Waals surface area contributed by atoms with Crippen molar-refractivity contribution in [2.24, 2.45) is 22.7 Å². The number of benzene rings is 2. The van der Waals surface area contributed by atoms with Crippen LogP contribution in [0.2, 0.25) is 0 Å². The summed E-state index contributed by atoms with van der Waals surface area (Å²) in [6, 6.07) is 20.9. The molecular weight excluding hydrogens is 536 g/mol. The van der Waals surface area contributed by atoms with Gasteiger partial charge in [-0.15, -0.1) is 0 Å². The van der Waals surface area contributed by atoms with Crippen molar-refractivity contribution in [1.82, 2.24) is 15.6 Å². The maximum absolute atomic E-state index is 12.1. The van der Waals surface area contributed by atoms with Gasteiger partial charge in [-0.3, -0.25) is 4.99 Å². The molecule has 0 radical (unpaired) electrons. The van der Waals surface area contributed by atoms with Crippen molar-refractivity contribution in [2.45, 2.75) is 75.9 Å². The lowest BCUT2D eigenvalue weighted by Crippen LogP contribution is -2.45. The van der Waals surface area contributed by atoms with Crippen LogP contribution in [0.3, 0.4) is 0 Å². The van der Waals surface area contributed by atoms with Crippen LogP contribution in [-0.4, -0.2) is 63.7 Å². The van der Waals surface area contributed by atoms with Gasteiger partial charge in [0.15, 0.2) is 5.96 Å². The molecule has 43 heavy (non-hydrogen) atoms. The van der Waals surface area contributed by atoms with Gasteiger partial charge in [-0.2, -0.15) is 0 Å². The molecule has 0 saturated heterocycles. The van der Waals surface area contributed by atoms with E-state index in [4.69, 9.17) is 0 Å². The third kappa shape index (κ3) is 7.88. The molecule has 2 aliphatic rings. The minimum atomic E-state index is -0.855. The Morgan fingerprint density at radius 1 is 1.00 bits per heavy atom. The summed E-state index contributed by atoms with van der Waals surface area (Å²) in [4.78, 5) is 8.18. The van der Waals surface area contributed by atoms with Crippen LogP contribution in [0.5, 0.6) is 0 Å². The van der Waals surface area contributed by atoms with E-state index in [9.17, 15) is 15.3 Å². The number of para-hydroxylation sites is 1. The number of aliphatic hydroxyl groups excluding tert-OH is 1. The number of guanidine groups is 1. The molecule has 2 aliphatic carbocycles. The van der Waals surface area contributed by atoms with E-state index in [1.165, 1.54) is 16.5 Å². The van der Waals surface area contributed by atoms with Crippen LogP contribution >= 0.6 is 0 Å². The van der Waals surface area contributed by atoms with Crippen molar-refractivity contribution in [2.75, 3.05) is 26.2 Å². The minimum Gasteiger partial charge on any atom is -0.396 e. The zero-order valence-corrected chi connectivity index (χ0v) is 25.7. The van der Waals surface area contributed by atoms with E-state index in [1.807, 2.05) is 31.2 Å². The SMILES string of the molecule is C=C(Cc1cc2ccccc2[nH]1)C1CCC(C)(O)C2CCC(O)(CCNC(=NCCCO)NCCc3ccccc3)C2C1. The normalized spacial score (nSPS) is 27.5. The maximum atomic E-state index is 12.1. The smallest absolute Gasteiger partial charge is 0.191 e. The van der Waals surface area contributed by atoms with E-state index >= 15 is 0 Å². The number of aromatic nitrogens is 1. The number of nitrogens with one attached hydrogen (secondary N) is 3. The lowest BCUT2D eigenvalue weighted by molar-refractivity contribution is -0.0642. The first-order valence-electron chi connectivity index (χ1n) is 16.1. The lowest BCUT2D eigenvalue weighted by atomic mass is 9.74. The second kappa shape index (κ2) is 14.1. The number of rotatable bonds is 12. The quantitative estimate of drug-likeness (QED) is 0.0763. The van der Waals surface area contributed by atoms with Gasteiger partial charge in [-0.05, 0) is 99.1 Å². The van der Waals surface area contributed by atoms with Crippen LogP contribution in [0.1, 0.15) is 63.1 Å². The highest BCUT2D eigenvalue weighted by atomic mass is 16.3. The standard InChI is InChI=1S/C36H50N4O3/c1-26(23-30-24-29-11-6-7-12-33(29)40-30)28-13-16-35(2,42)31-14-17-36(43,32(31)25-28)18-21-39-34(37-19-8-22-41)38-20-15-27-9-4-3-5-10-27/h3-7,9-12,24,28,31-32,40-43H,1,8,13-23,25H2,2H3,(H2,37,38,39). The zero-order valence-electron chi connectivity index (χ0n) is 25.7. The number of aromatic amines is 1. The predicted octanol–water partition coefficient (Wildman–Crippen LogP) is 5.13. The number of aliphatic hydroxyl groups is 3. The molecule has 5 rings (SSSR count). The van der Waals surface area contributed by atoms with Crippen LogP contribution in [-0.2, 0) is 12.8 Å². The summed E-state index contributed by atoms with van der Waals surface area (Å²) >= 11 is 0. The first kappa shape index (κ1) is 31.3. The molecule has 2 saturated carbocycles. The minimum absolute atomic E-state index is 0.0112. The Morgan fingerprint density at radius 2 is 1.77 bits per heavy atom. The van der Waals surface area contributed by atoms with Gasteiger partial charge in [0, 0.05) is 43.9 Å². The molecular formula is C36H50N4O3. The fourth-order valence-corrected chi connectivity index (χ4v) is 7.47. The Balaban J connectivity index is 1.21. The van der Waals surface area contributed by atoms with E-state index in [-0.39, 0.29) is 24.4 Å². The number of allylic oxidation sites excluding steroid dienone is 1. The molecule has 5 unspecified atom stereocenters. The van der Waals surface area contributed by atoms with Crippen LogP contribution in [0.15, 0.2) is 77.8 Å². The number of fused-ring (bicyclic) bond motifs is 2. The summed E-state index contributed by atoms with van der Waals surface area (Å²) in [5.41, 5.74) is 3.09. The number of nitrogens with zero attached hydrogens (tertiary/aromatic N) is 1. The van der Waals surface area contributed by atoms with E-state index in [0.717, 1.165) is 56.3 Å². The van der Waals surface area contributed by atoms with Crippen LogP contribution < -0.4 is 10.6 Å². The van der Waals surface area contributed by atoms with Gasteiger partial charge in [0.2, 0.25) is 0 Å². The second-order valence-corrected chi connectivity index (χ2v) is 13.0. The molecule has 0 amide bonds. The topological polar surface area (TPSA) is 113 Å². The van der Waals surface area contributed by atoms with Crippen molar-refractivity contribution < 1.29 is 15.3 Å². The predicted molar refractivity (Wildman–Crippen MR) is 175 cm³/mol. The van der Waals surface area contributed by atoms with E-state index in [2.05, 4.69) is 63.6 Å². The highest BCUT2D eigenvalue weighted by Gasteiger charge is 2.54. The van der Waals surface area contributed by atoms with E-state index < -0.39 is 11.2 Å². The molecule has 2 fully saturated rings. The number of aliphatic imine (C=N–C) groups is 1. The lowest BCUT2D eigenvalue weighted by Gasteiger charge is -2.37. The molecule has 5 atom stereocenters. The molecule has 0 bridgehead atoms. The van der Waals surface area contributed by atoms with Crippen LogP contribution in [0.4, 0.5) is 0 Å². The van der Waals surface area contributed by atoms with Crippen LogP contribution in [0.25, 0.3) is 10.9 Å².